The van der Waals surface area contributed by atoms with Crippen LogP contribution in [0.25, 0.3) is 28.3 Å². The van der Waals surface area contributed by atoms with Gasteiger partial charge in [0.25, 0.3) is 0 Å². The summed E-state index contributed by atoms with van der Waals surface area (Å²) in [5.41, 5.74) is 2.84. The fourth-order valence-electron chi connectivity index (χ4n) is 4.49. The van der Waals surface area contributed by atoms with Crippen LogP contribution >= 0.6 is 11.6 Å². The average molecular weight is 649 g/mol. The number of amides is 1. The number of carbonyl (C=O) groups is 1. The van der Waals surface area contributed by atoms with Gasteiger partial charge in [-0.25, -0.2) is 22.8 Å². The van der Waals surface area contributed by atoms with Crippen molar-refractivity contribution in [1.29, 1.82) is 0 Å². The molecule has 0 saturated carbocycles. The minimum absolute atomic E-state index is 0.0468. The number of furan rings is 1. The Labute approximate surface area is 265 Å². The highest BCUT2D eigenvalue weighted by atomic mass is 35.5. The minimum Gasteiger partial charge on any atom is -0.487 e. The first-order chi connectivity index (χ1) is 21.7. The number of rotatable bonds is 13. The van der Waals surface area contributed by atoms with E-state index in [4.69, 9.17) is 20.8 Å². The number of halogens is 2. The number of ether oxygens (including phenoxy) is 1. The summed E-state index contributed by atoms with van der Waals surface area (Å²) in [6, 6.07) is 20.6. The van der Waals surface area contributed by atoms with E-state index in [1.165, 1.54) is 30.6 Å². The number of nitrogens with one attached hydrogen (secondary N) is 2. The zero-order valence-corrected chi connectivity index (χ0v) is 25.9. The van der Waals surface area contributed by atoms with Crippen LogP contribution in [0, 0.1) is 5.82 Å². The van der Waals surface area contributed by atoms with E-state index in [2.05, 4.69) is 20.6 Å². The molecule has 0 spiro atoms. The number of hydrogen-bond donors (Lipinski definition) is 2. The van der Waals surface area contributed by atoms with Gasteiger partial charge in [-0.3, -0.25) is 4.79 Å². The van der Waals surface area contributed by atoms with E-state index in [1.54, 1.807) is 49.4 Å². The molecule has 3 aromatic carbocycles. The van der Waals surface area contributed by atoms with Crippen molar-refractivity contribution in [3.05, 3.63) is 107 Å². The molecule has 5 aromatic rings. The zero-order valence-electron chi connectivity index (χ0n) is 24.3. The number of anilines is 2. The lowest BCUT2D eigenvalue weighted by Gasteiger charge is -2.12. The summed E-state index contributed by atoms with van der Waals surface area (Å²) < 4.78 is 48.8. The van der Waals surface area contributed by atoms with Gasteiger partial charge in [-0.2, -0.15) is 0 Å². The van der Waals surface area contributed by atoms with Crippen LogP contribution in [0.1, 0.15) is 24.7 Å². The molecule has 0 aliphatic heterocycles. The van der Waals surface area contributed by atoms with Crippen molar-refractivity contribution in [1.82, 2.24) is 15.3 Å². The summed E-state index contributed by atoms with van der Waals surface area (Å²) in [5, 5.41) is 6.98. The number of fused-ring (bicyclic) bond motifs is 1. The summed E-state index contributed by atoms with van der Waals surface area (Å²) >= 11 is 6.48. The van der Waals surface area contributed by atoms with E-state index in [0.717, 1.165) is 10.9 Å². The maximum Gasteiger partial charge on any atom is 0.244 e. The van der Waals surface area contributed by atoms with Gasteiger partial charge in [0.1, 0.15) is 41.8 Å². The molecule has 0 fully saturated rings. The highest BCUT2D eigenvalue weighted by molar-refractivity contribution is 7.91. The summed E-state index contributed by atoms with van der Waals surface area (Å²) in [6.07, 6.45) is 4.82. The Balaban J connectivity index is 1.25. The van der Waals surface area contributed by atoms with E-state index >= 15 is 0 Å². The second-order valence-electron chi connectivity index (χ2n) is 10.1. The predicted octanol–water partition coefficient (Wildman–Crippen LogP) is 6.96. The molecule has 1 amide bonds. The van der Waals surface area contributed by atoms with Crippen molar-refractivity contribution in [3.8, 4) is 17.1 Å². The second-order valence-corrected chi connectivity index (χ2v) is 12.8. The van der Waals surface area contributed by atoms with Crippen molar-refractivity contribution >= 4 is 55.8 Å². The minimum atomic E-state index is -3.17. The fraction of sp³-hybridized carbons (Fsp3) is 0.182. The number of sulfone groups is 1. The summed E-state index contributed by atoms with van der Waals surface area (Å²) in [5.74, 6) is 1.29. The van der Waals surface area contributed by atoms with Gasteiger partial charge in [0.15, 0.2) is 9.84 Å². The van der Waals surface area contributed by atoms with Gasteiger partial charge in [0.05, 0.1) is 16.3 Å². The molecule has 2 N–H and O–H groups in total. The molecule has 0 bridgehead atoms. The number of aromatic nitrogens is 2. The molecule has 0 atom stereocenters. The first-order valence-electron chi connectivity index (χ1n) is 14.1. The topological polar surface area (TPSA) is 123 Å². The maximum atomic E-state index is 13.5. The molecule has 9 nitrogen and oxygen atoms in total. The third-order valence-electron chi connectivity index (χ3n) is 6.65. The number of carbonyl (C=O) groups excluding carboxylic acids is 1. The largest absolute Gasteiger partial charge is 0.487 e. The van der Waals surface area contributed by atoms with E-state index in [0.29, 0.717) is 51.3 Å². The van der Waals surface area contributed by atoms with Gasteiger partial charge < -0.3 is 19.8 Å². The third kappa shape index (κ3) is 8.68. The van der Waals surface area contributed by atoms with E-state index in [1.807, 2.05) is 18.2 Å². The zero-order chi connectivity index (χ0) is 31.8. The lowest BCUT2D eigenvalue weighted by atomic mass is 10.1. The standard InChI is InChI=1S/C33H30ClFN4O5S/c1-2-15-45(41,42)16-14-36-32(40)13-9-26-8-12-30(44-26)23-6-10-29-27(18-23)33(38-21-37-29)39-25-7-11-31(28(34)19-25)43-20-22-4-3-5-24(35)17-22/h3-13,17-19,21H,2,14-16,20H2,1H3,(H,36,40)(H,37,38,39). The van der Waals surface area contributed by atoms with E-state index in [-0.39, 0.29) is 30.5 Å². The third-order valence-corrected chi connectivity index (χ3v) is 8.80. The number of nitrogens with zero attached hydrogens (tertiary/aromatic N) is 2. The first kappa shape index (κ1) is 31.7. The van der Waals surface area contributed by atoms with Gasteiger partial charge >= 0.3 is 0 Å². The van der Waals surface area contributed by atoms with Crippen LogP contribution in [0.5, 0.6) is 5.75 Å². The summed E-state index contributed by atoms with van der Waals surface area (Å²) in [7, 11) is -3.17. The second kappa shape index (κ2) is 14.4. The smallest absolute Gasteiger partial charge is 0.244 e. The molecular formula is C33H30ClFN4O5S. The molecule has 2 heterocycles. The predicted molar refractivity (Wildman–Crippen MR) is 174 cm³/mol. The van der Waals surface area contributed by atoms with Crippen LogP contribution in [0.15, 0.2) is 89.6 Å². The molecule has 0 unspecified atom stereocenters. The van der Waals surface area contributed by atoms with Gasteiger partial charge in [-0.1, -0.05) is 30.7 Å². The Morgan fingerprint density at radius 1 is 1.04 bits per heavy atom. The molecule has 5 rings (SSSR count). The molecule has 232 valence electrons. The van der Waals surface area contributed by atoms with Crippen LogP contribution in [-0.4, -0.2) is 42.3 Å². The molecule has 45 heavy (non-hydrogen) atoms. The van der Waals surface area contributed by atoms with Gasteiger partial charge in [-0.05, 0) is 78.7 Å². The quantitative estimate of drug-likeness (QED) is 0.131. The highest BCUT2D eigenvalue weighted by Gasteiger charge is 2.12. The van der Waals surface area contributed by atoms with Crippen molar-refractivity contribution in [2.24, 2.45) is 0 Å². The van der Waals surface area contributed by atoms with E-state index < -0.39 is 15.7 Å². The molecule has 0 radical (unpaired) electrons. The highest BCUT2D eigenvalue weighted by Crippen LogP contribution is 2.33. The molecule has 12 heteroatoms. The van der Waals surface area contributed by atoms with Gasteiger partial charge in [-0.15, -0.1) is 0 Å². The van der Waals surface area contributed by atoms with Crippen LogP contribution < -0.4 is 15.4 Å². The average Bonchev–Trinajstić information content (AvgIpc) is 3.49. The number of benzene rings is 3. The SMILES string of the molecule is CCCS(=O)(=O)CCNC(=O)C=Cc1ccc(-c2ccc3ncnc(Nc4ccc(OCc5cccc(F)c5)c(Cl)c4)c3c2)o1. The van der Waals surface area contributed by atoms with Gasteiger partial charge in [0, 0.05) is 35.0 Å². The monoisotopic (exact) mass is 648 g/mol. The van der Waals surface area contributed by atoms with Crippen LogP contribution in [0.2, 0.25) is 5.02 Å². The van der Waals surface area contributed by atoms with Gasteiger partial charge in [0.2, 0.25) is 5.91 Å². The molecule has 0 aliphatic rings. The molecule has 2 aromatic heterocycles. The van der Waals surface area contributed by atoms with Crippen LogP contribution in [-0.2, 0) is 21.2 Å². The van der Waals surface area contributed by atoms with Crippen molar-refractivity contribution in [3.63, 3.8) is 0 Å². The Morgan fingerprint density at radius 2 is 1.91 bits per heavy atom. The lowest BCUT2D eigenvalue weighted by molar-refractivity contribution is -0.116. The van der Waals surface area contributed by atoms with Crippen molar-refractivity contribution in [2.45, 2.75) is 20.0 Å². The van der Waals surface area contributed by atoms with Crippen molar-refractivity contribution in [2.75, 3.05) is 23.4 Å². The Morgan fingerprint density at radius 3 is 2.71 bits per heavy atom. The Bertz CT molecular complexity index is 1960. The lowest BCUT2D eigenvalue weighted by Crippen LogP contribution is -2.28. The molecular weight excluding hydrogens is 619 g/mol. The Hall–Kier alpha value is -4.74. The summed E-state index contributed by atoms with van der Waals surface area (Å²) in [4.78, 5) is 20.9. The van der Waals surface area contributed by atoms with E-state index in [9.17, 15) is 17.6 Å². The maximum absolute atomic E-state index is 13.5. The Kier molecular flexibility index (Phi) is 10.1. The molecule has 0 aliphatic carbocycles. The fourth-order valence-corrected chi connectivity index (χ4v) is 5.96. The van der Waals surface area contributed by atoms with Crippen LogP contribution in [0.3, 0.4) is 0 Å². The normalized spacial score (nSPS) is 11.6. The first-order valence-corrected chi connectivity index (χ1v) is 16.3. The molecule has 0 saturated heterocycles. The summed E-state index contributed by atoms with van der Waals surface area (Å²) in [6.45, 7) is 2.02. The van der Waals surface area contributed by atoms with Crippen molar-refractivity contribution < 1.29 is 26.8 Å². The van der Waals surface area contributed by atoms with Crippen LogP contribution in [0.4, 0.5) is 15.9 Å². The number of hydrogen-bond acceptors (Lipinski definition) is 8.